The van der Waals surface area contributed by atoms with E-state index in [0.29, 0.717) is 21.0 Å². The predicted octanol–water partition coefficient (Wildman–Crippen LogP) is -1.25. The second-order valence-corrected chi connectivity index (χ2v) is 12.0. The first-order valence-corrected chi connectivity index (χ1v) is 9.58. The van der Waals surface area contributed by atoms with Gasteiger partial charge in [-0.2, -0.15) is 0 Å². The average Bonchev–Trinajstić information content (AvgIpc) is 1.81. The lowest BCUT2D eigenvalue weighted by molar-refractivity contribution is -0.752. The normalized spacial score (nSPS) is 15.2. The molecule has 0 bridgehead atoms. The van der Waals surface area contributed by atoms with Crippen LogP contribution in [0.4, 0.5) is 0 Å². The van der Waals surface area contributed by atoms with Crippen molar-refractivity contribution < 1.29 is 8.79 Å². The first-order chi connectivity index (χ1) is 5.71. The summed E-state index contributed by atoms with van der Waals surface area (Å²) in [6.07, 6.45) is 0. The molecule has 0 fully saturated rings. The van der Waals surface area contributed by atoms with Crippen LogP contribution in [0.5, 0.6) is 0 Å². The molecule has 0 rings (SSSR count). The molecule has 0 aliphatic rings. The molecule has 0 saturated carbocycles. The SMILES string of the molecule is C[N+](C)(C)[BH2-]P[BH2-]P[BH2-][N+](C)(C)C. The highest BCUT2D eigenvalue weighted by molar-refractivity contribution is 8.18. The Morgan fingerprint density at radius 1 is 0.692 bits per heavy atom. The van der Waals surface area contributed by atoms with Crippen LogP contribution in [0, 0.1) is 0 Å². The van der Waals surface area contributed by atoms with Gasteiger partial charge in [0.2, 0.25) is 0 Å². The summed E-state index contributed by atoms with van der Waals surface area (Å²) in [7, 11) is 17.7. The summed E-state index contributed by atoms with van der Waals surface area (Å²) >= 11 is 0. The third kappa shape index (κ3) is 13.0. The summed E-state index contributed by atoms with van der Waals surface area (Å²) in [5.41, 5.74) is 0. The van der Waals surface area contributed by atoms with Crippen molar-refractivity contribution in [3.8, 4) is 0 Å². The molecule has 0 spiro atoms. The Bertz CT molecular complexity index is 128. The second kappa shape index (κ2) is 5.76. The highest BCUT2D eigenvalue weighted by Crippen LogP contribution is 2.20. The minimum absolute atomic E-state index is 0.345. The minimum atomic E-state index is 0.345. The van der Waals surface area contributed by atoms with E-state index in [1.807, 2.05) is 0 Å². The van der Waals surface area contributed by atoms with Crippen molar-refractivity contribution in [2.24, 2.45) is 0 Å². The molecule has 2 nitrogen and oxygen atoms in total. The summed E-state index contributed by atoms with van der Waals surface area (Å²) in [6, 6.07) is 0. The van der Waals surface area contributed by atoms with Gasteiger partial charge in [0.05, 0.1) is 0 Å². The van der Waals surface area contributed by atoms with Crippen LogP contribution in [-0.2, 0) is 0 Å². The van der Waals surface area contributed by atoms with Crippen molar-refractivity contribution in [2.45, 2.75) is 0 Å². The molecule has 0 N–H and O–H groups in total. The van der Waals surface area contributed by atoms with Crippen LogP contribution in [0.3, 0.4) is 0 Å². The summed E-state index contributed by atoms with van der Waals surface area (Å²) in [4.78, 5) is 0. The maximum atomic E-state index is 2.36. The molecule has 0 aliphatic heterocycles. The first kappa shape index (κ1) is 14.0. The smallest absolute Gasteiger partial charge is 0.166 e. The van der Waals surface area contributed by atoms with Crippen molar-refractivity contribution in [1.29, 1.82) is 0 Å². The molecule has 0 saturated heterocycles. The highest BCUT2D eigenvalue weighted by Gasteiger charge is 1.97. The Hall–Kier alpha value is 0.975. The van der Waals surface area contributed by atoms with Gasteiger partial charge in [-0.3, -0.25) is 0 Å². The molecule has 0 aromatic heterocycles. The molecule has 13 heavy (non-hydrogen) atoms. The van der Waals surface area contributed by atoms with Crippen LogP contribution < -0.4 is 0 Å². The number of nitrogens with zero attached hydrogens (tertiary/aromatic N) is 2. The molecule has 80 valence electrons. The fraction of sp³-hybridized carbons (Fsp3) is 1.00. The fourth-order valence-corrected chi connectivity index (χ4v) is 8.29. The van der Waals surface area contributed by atoms with E-state index in [-0.39, 0.29) is 0 Å². The van der Waals surface area contributed by atoms with E-state index in [9.17, 15) is 0 Å². The maximum absolute atomic E-state index is 2.36. The Balaban J connectivity index is 3.28. The highest BCUT2D eigenvalue weighted by atomic mass is 31.1. The topological polar surface area (TPSA) is 0 Å². The molecular weight excluding hydrogens is 194 g/mol. The van der Waals surface area contributed by atoms with Crippen molar-refractivity contribution in [3.63, 3.8) is 0 Å². The molecule has 2 unspecified atom stereocenters. The summed E-state index contributed by atoms with van der Waals surface area (Å²) in [5.74, 6) is 0. The van der Waals surface area contributed by atoms with E-state index in [4.69, 9.17) is 0 Å². The number of hydrogen-bond acceptors (Lipinski definition) is 0. The lowest BCUT2D eigenvalue weighted by Gasteiger charge is -2.38. The Labute approximate surface area is 89.2 Å². The van der Waals surface area contributed by atoms with Crippen molar-refractivity contribution in [2.75, 3.05) is 42.3 Å². The quantitative estimate of drug-likeness (QED) is 0.298. The Morgan fingerprint density at radius 2 is 1.00 bits per heavy atom. The molecule has 7 heteroatoms. The Kier molecular flexibility index (Phi) is 6.19. The van der Waals surface area contributed by atoms with Crippen LogP contribution in [0.15, 0.2) is 0 Å². The van der Waals surface area contributed by atoms with Gasteiger partial charge in [-0.15, -0.1) is 0 Å². The summed E-state index contributed by atoms with van der Waals surface area (Å²) in [6.45, 7) is 0.503. The minimum Gasteiger partial charge on any atom is -0.526 e. The third-order valence-corrected chi connectivity index (χ3v) is 9.87. The predicted molar refractivity (Wildman–Crippen MR) is 78.3 cm³/mol. The molecule has 0 aromatic carbocycles. The zero-order valence-corrected chi connectivity index (χ0v) is 12.9. The van der Waals surface area contributed by atoms with Crippen molar-refractivity contribution >= 4 is 37.7 Å². The monoisotopic (exact) mass is 221 g/mol. The van der Waals surface area contributed by atoms with Gasteiger partial charge in [-0.05, 0) is 6.72 Å². The number of quaternary nitrogens is 2. The van der Waals surface area contributed by atoms with Gasteiger partial charge < -0.3 is 25.5 Å². The van der Waals surface area contributed by atoms with Gasteiger partial charge in [-0.1, -0.05) is 0 Å². The molecule has 0 radical (unpaired) electrons. The number of hydrogen-bond donors (Lipinski definition) is 0. The second-order valence-electron chi connectivity index (χ2n) is 7.06. The van der Waals surface area contributed by atoms with E-state index < -0.39 is 0 Å². The standard InChI is InChI=1S/C6H26B3N2P2/c1-10(2,3)7-12-9-13-8-11(4,5)6/h12-13H,7-9H2,1-6H3/q-1. The van der Waals surface area contributed by atoms with Crippen LogP contribution in [0.2, 0.25) is 0 Å². The molecule has 2 atom stereocenters. The van der Waals surface area contributed by atoms with E-state index in [2.05, 4.69) is 42.3 Å². The van der Waals surface area contributed by atoms with E-state index in [0.717, 1.165) is 0 Å². The zero-order valence-electron chi connectivity index (χ0n) is 10.9. The van der Waals surface area contributed by atoms with Crippen LogP contribution in [-0.4, -0.2) is 72.1 Å². The third-order valence-electron chi connectivity index (χ3n) is 2.29. The number of rotatable bonds is 6. The van der Waals surface area contributed by atoms with E-state index in [1.54, 1.807) is 0 Å². The van der Waals surface area contributed by atoms with E-state index >= 15 is 0 Å². The van der Waals surface area contributed by atoms with Gasteiger partial charge in [0.25, 0.3) is 0 Å². The van der Waals surface area contributed by atoms with Crippen LogP contribution in [0.1, 0.15) is 0 Å². The molecule has 0 aromatic rings. The lowest BCUT2D eigenvalue weighted by Crippen LogP contribution is -2.37. The van der Waals surface area contributed by atoms with Gasteiger partial charge in [0.1, 0.15) is 0 Å². The van der Waals surface area contributed by atoms with Gasteiger partial charge >= 0.3 is 0 Å². The maximum Gasteiger partial charge on any atom is 0.166 e. The Morgan fingerprint density at radius 3 is 1.23 bits per heavy atom. The fourth-order valence-electron chi connectivity index (χ4n) is 1.82. The average molecular weight is 221 g/mol. The van der Waals surface area contributed by atoms with Gasteiger partial charge in [0, 0.05) is 42.3 Å². The van der Waals surface area contributed by atoms with Gasteiger partial charge in [0.15, 0.2) is 14.3 Å². The molecule has 0 aliphatic carbocycles. The molecular formula is C6H26B3N2P2-. The summed E-state index contributed by atoms with van der Waals surface area (Å²) < 4.78 is 2.58. The first-order valence-electron chi connectivity index (χ1n) is 5.58. The summed E-state index contributed by atoms with van der Waals surface area (Å²) in [5, 5.41) is 0. The van der Waals surface area contributed by atoms with Gasteiger partial charge in [-0.25, -0.2) is 0 Å². The zero-order chi connectivity index (χ0) is 10.5. The van der Waals surface area contributed by atoms with Crippen molar-refractivity contribution in [1.82, 2.24) is 0 Å². The largest absolute Gasteiger partial charge is 0.526 e. The van der Waals surface area contributed by atoms with Crippen molar-refractivity contribution in [3.05, 3.63) is 0 Å². The molecule has 0 amide bonds. The molecule has 0 heterocycles. The van der Waals surface area contributed by atoms with E-state index in [1.165, 1.54) is 25.5 Å². The lowest BCUT2D eigenvalue weighted by atomic mass is 10.3. The van der Waals surface area contributed by atoms with Crippen LogP contribution >= 0.6 is 16.7 Å². The van der Waals surface area contributed by atoms with Crippen LogP contribution in [0.25, 0.3) is 0 Å².